The third-order valence-corrected chi connectivity index (χ3v) is 1.81. The first-order chi connectivity index (χ1) is 6.16. The first-order valence-electron chi connectivity index (χ1n) is 3.96. The molecule has 1 aromatic heterocycles. The molecule has 0 bridgehead atoms. The molecule has 5 N–H and O–H groups in total. The van der Waals surface area contributed by atoms with Gasteiger partial charge in [-0.2, -0.15) is 0 Å². The lowest BCUT2D eigenvalue weighted by molar-refractivity contribution is 0.118. The van der Waals surface area contributed by atoms with Crippen LogP contribution in [0.2, 0.25) is 0 Å². The van der Waals surface area contributed by atoms with Crippen molar-refractivity contribution in [1.82, 2.24) is 15.3 Å². The molecule has 13 heavy (non-hydrogen) atoms. The SMILES string of the molecule is Cc1cnc2c(n1)C(O)NC(N)N2. The molecule has 6 heteroatoms. The van der Waals surface area contributed by atoms with Crippen LogP contribution in [-0.4, -0.2) is 21.4 Å². The van der Waals surface area contributed by atoms with Crippen molar-refractivity contribution in [1.29, 1.82) is 0 Å². The molecule has 0 saturated carbocycles. The van der Waals surface area contributed by atoms with Gasteiger partial charge in [-0.15, -0.1) is 0 Å². The zero-order chi connectivity index (χ0) is 9.42. The van der Waals surface area contributed by atoms with Gasteiger partial charge in [-0.3, -0.25) is 11.1 Å². The molecular weight excluding hydrogens is 170 g/mol. The summed E-state index contributed by atoms with van der Waals surface area (Å²) in [6.07, 6.45) is 0.287. The minimum Gasteiger partial charge on any atom is -0.372 e. The monoisotopic (exact) mass is 181 g/mol. The van der Waals surface area contributed by atoms with Gasteiger partial charge in [0.25, 0.3) is 0 Å². The number of nitrogens with two attached hydrogens (primary N) is 1. The maximum atomic E-state index is 9.52. The summed E-state index contributed by atoms with van der Waals surface area (Å²) in [7, 11) is 0. The van der Waals surface area contributed by atoms with E-state index in [1.807, 2.05) is 6.92 Å². The van der Waals surface area contributed by atoms with Crippen molar-refractivity contribution in [3.8, 4) is 0 Å². The zero-order valence-corrected chi connectivity index (χ0v) is 7.15. The third kappa shape index (κ3) is 1.46. The Labute approximate surface area is 75.2 Å². The normalized spacial score (nSPS) is 26.4. The van der Waals surface area contributed by atoms with E-state index in [4.69, 9.17) is 5.73 Å². The highest BCUT2D eigenvalue weighted by Crippen LogP contribution is 2.20. The molecule has 0 aliphatic carbocycles. The molecule has 6 nitrogen and oxygen atoms in total. The minimum absolute atomic E-state index is 0.487. The van der Waals surface area contributed by atoms with Crippen LogP contribution in [0, 0.1) is 6.92 Å². The number of nitrogens with zero attached hydrogens (tertiary/aromatic N) is 2. The van der Waals surface area contributed by atoms with Crippen molar-refractivity contribution in [3.63, 3.8) is 0 Å². The van der Waals surface area contributed by atoms with Gasteiger partial charge >= 0.3 is 0 Å². The number of fused-ring (bicyclic) bond motifs is 1. The van der Waals surface area contributed by atoms with Gasteiger partial charge in [-0.25, -0.2) is 9.97 Å². The summed E-state index contributed by atoms with van der Waals surface area (Å²) in [6.45, 7) is 1.81. The molecule has 1 aromatic rings. The largest absolute Gasteiger partial charge is 0.372 e. The lowest BCUT2D eigenvalue weighted by Crippen LogP contribution is -2.49. The molecule has 1 aliphatic heterocycles. The summed E-state index contributed by atoms with van der Waals surface area (Å²) < 4.78 is 0. The Balaban J connectivity index is 2.43. The zero-order valence-electron chi connectivity index (χ0n) is 7.15. The van der Waals surface area contributed by atoms with Gasteiger partial charge in [0.2, 0.25) is 0 Å². The smallest absolute Gasteiger partial charge is 0.154 e. The summed E-state index contributed by atoms with van der Waals surface area (Å²) in [6, 6.07) is 0. The van der Waals surface area contributed by atoms with Crippen LogP contribution in [0.3, 0.4) is 0 Å². The van der Waals surface area contributed by atoms with E-state index in [-0.39, 0.29) is 0 Å². The number of hydrogen-bond donors (Lipinski definition) is 4. The number of rotatable bonds is 0. The van der Waals surface area contributed by atoms with E-state index in [1.54, 1.807) is 6.20 Å². The molecule has 2 heterocycles. The van der Waals surface area contributed by atoms with E-state index in [0.717, 1.165) is 5.69 Å². The number of anilines is 1. The van der Waals surface area contributed by atoms with Crippen LogP contribution in [0.1, 0.15) is 17.6 Å². The second-order valence-electron chi connectivity index (χ2n) is 2.94. The number of aromatic nitrogens is 2. The second kappa shape index (κ2) is 2.91. The van der Waals surface area contributed by atoms with Crippen LogP contribution in [0.15, 0.2) is 6.20 Å². The summed E-state index contributed by atoms with van der Waals surface area (Å²) in [5, 5.41) is 15.1. The van der Waals surface area contributed by atoms with E-state index in [9.17, 15) is 5.11 Å². The molecule has 0 saturated heterocycles. The van der Waals surface area contributed by atoms with Gasteiger partial charge in [0.1, 0.15) is 12.0 Å². The van der Waals surface area contributed by atoms with Gasteiger partial charge in [-0.1, -0.05) is 0 Å². The van der Waals surface area contributed by atoms with E-state index >= 15 is 0 Å². The van der Waals surface area contributed by atoms with Gasteiger partial charge in [-0.05, 0) is 6.92 Å². The molecule has 0 fully saturated rings. The number of aliphatic hydroxyl groups is 1. The Kier molecular flexibility index (Phi) is 1.87. The van der Waals surface area contributed by atoms with Crippen LogP contribution in [0.25, 0.3) is 0 Å². The van der Waals surface area contributed by atoms with Gasteiger partial charge in [0, 0.05) is 0 Å². The Bertz CT molecular complexity index is 329. The molecule has 2 atom stereocenters. The number of nitrogens with one attached hydrogen (secondary N) is 2. The summed E-state index contributed by atoms with van der Waals surface area (Å²) >= 11 is 0. The van der Waals surface area contributed by atoms with E-state index in [0.29, 0.717) is 11.5 Å². The quantitative estimate of drug-likeness (QED) is 0.411. The second-order valence-corrected chi connectivity index (χ2v) is 2.94. The topological polar surface area (TPSA) is 96.1 Å². The average Bonchev–Trinajstić information content (AvgIpc) is 2.06. The van der Waals surface area contributed by atoms with Crippen molar-refractivity contribution in [3.05, 3.63) is 17.6 Å². The van der Waals surface area contributed by atoms with E-state index in [2.05, 4.69) is 20.6 Å². The predicted molar refractivity (Wildman–Crippen MR) is 46.5 cm³/mol. The van der Waals surface area contributed by atoms with Gasteiger partial charge in [0.05, 0.1) is 11.9 Å². The molecule has 70 valence electrons. The fraction of sp³-hybridized carbons (Fsp3) is 0.429. The fourth-order valence-corrected chi connectivity index (χ4v) is 1.24. The molecule has 1 aliphatic rings. The first kappa shape index (κ1) is 8.36. The van der Waals surface area contributed by atoms with Crippen LogP contribution in [0.5, 0.6) is 0 Å². The van der Waals surface area contributed by atoms with E-state index in [1.165, 1.54) is 0 Å². The van der Waals surface area contributed by atoms with Crippen molar-refractivity contribution in [2.45, 2.75) is 19.4 Å². The molecule has 0 spiro atoms. The fourth-order valence-electron chi connectivity index (χ4n) is 1.24. The third-order valence-electron chi connectivity index (χ3n) is 1.81. The summed E-state index contributed by atoms with van der Waals surface area (Å²) in [4.78, 5) is 8.20. The Hall–Kier alpha value is -1.24. The maximum Gasteiger partial charge on any atom is 0.154 e. The molecule has 0 radical (unpaired) electrons. The number of aryl methyl sites for hydroxylation is 1. The van der Waals surface area contributed by atoms with Crippen molar-refractivity contribution in [2.75, 3.05) is 5.32 Å². The molecular formula is C7H11N5O. The predicted octanol–water partition coefficient (Wildman–Crippen LogP) is -0.967. The van der Waals surface area contributed by atoms with Crippen molar-refractivity contribution >= 4 is 5.82 Å². The highest BCUT2D eigenvalue weighted by Gasteiger charge is 2.23. The average molecular weight is 181 g/mol. The van der Waals surface area contributed by atoms with Crippen LogP contribution in [-0.2, 0) is 0 Å². The Morgan fingerprint density at radius 1 is 1.62 bits per heavy atom. The Morgan fingerprint density at radius 2 is 2.38 bits per heavy atom. The lowest BCUT2D eigenvalue weighted by atomic mass is 10.3. The van der Waals surface area contributed by atoms with E-state index < -0.39 is 12.5 Å². The summed E-state index contributed by atoms with van der Waals surface area (Å²) in [5.74, 6) is 0.532. The van der Waals surface area contributed by atoms with Crippen LogP contribution >= 0.6 is 0 Å². The van der Waals surface area contributed by atoms with Crippen LogP contribution in [0.4, 0.5) is 5.82 Å². The van der Waals surface area contributed by atoms with Gasteiger partial charge < -0.3 is 10.4 Å². The number of aliphatic hydroxyl groups excluding tert-OH is 1. The maximum absolute atomic E-state index is 9.52. The number of hydrogen-bond acceptors (Lipinski definition) is 6. The van der Waals surface area contributed by atoms with Gasteiger partial charge in [0.15, 0.2) is 12.0 Å². The minimum atomic E-state index is -0.848. The first-order valence-corrected chi connectivity index (χ1v) is 3.96. The van der Waals surface area contributed by atoms with Crippen molar-refractivity contribution < 1.29 is 5.11 Å². The molecule has 2 rings (SSSR count). The lowest BCUT2D eigenvalue weighted by Gasteiger charge is -2.27. The molecule has 0 aromatic carbocycles. The standard InChI is InChI=1S/C7H11N5O/c1-3-2-9-5-4(10-3)6(13)12-7(8)11-5/h2,6-7,12-13H,8H2,1H3,(H,9,11). The highest BCUT2D eigenvalue weighted by molar-refractivity contribution is 5.44. The Morgan fingerprint density at radius 3 is 3.15 bits per heavy atom. The molecule has 2 unspecified atom stereocenters. The highest BCUT2D eigenvalue weighted by atomic mass is 16.3. The molecule has 0 amide bonds. The van der Waals surface area contributed by atoms with Crippen LogP contribution < -0.4 is 16.4 Å². The summed E-state index contributed by atoms with van der Waals surface area (Å²) in [5.41, 5.74) is 6.78. The van der Waals surface area contributed by atoms with Crippen molar-refractivity contribution in [2.24, 2.45) is 5.73 Å².